The van der Waals surface area contributed by atoms with Crippen LogP contribution in [0.4, 0.5) is 13.2 Å². The first-order valence-electron chi connectivity index (χ1n) is 10.5. The summed E-state index contributed by atoms with van der Waals surface area (Å²) in [7, 11) is 0. The van der Waals surface area contributed by atoms with E-state index in [1.807, 2.05) is 19.9 Å². The fraction of sp³-hybridized carbons (Fsp3) is 0.107. The summed E-state index contributed by atoms with van der Waals surface area (Å²) in [6.07, 6.45) is 0.601. The van der Waals surface area contributed by atoms with Crippen LogP contribution in [0.25, 0.3) is 22.3 Å². The number of hydrogen-bond donors (Lipinski definition) is 0. The summed E-state index contributed by atoms with van der Waals surface area (Å²) in [6.45, 7) is 3.78. The summed E-state index contributed by atoms with van der Waals surface area (Å²) in [6, 6.07) is 20.9. The molecule has 0 saturated carbocycles. The third-order valence-corrected chi connectivity index (χ3v) is 5.50. The topological polar surface area (TPSA) is 26.3 Å². The third-order valence-electron chi connectivity index (χ3n) is 5.50. The summed E-state index contributed by atoms with van der Waals surface area (Å²) < 4.78 is 48.6. The summed E-state index contributed by atoms with van der Waals surface area (Å²) in [4.78, 5) is 12.5. The number of halogens is 3. The Morgan fingerprint density at radius 3 is 2.03 bits per heavy atom. The fourth-order valence-electron chi connectivity index (χ4n) is 3.55. The van der Waals surface area contributed by atoms with Gasteiger partial charge in [-0.15, -0.1) is 0 Å². The van der Waals surface area contributed by atoms with Crippen molar-refractivity contribution < 1.29 is 22.7 Å². The van der Waals surface area contributed by atoms with Crippen LogP contribution in [0.15, 0.2) is 78.9 Å². The maximum absolute atomic E-state index is 14.7. The van der Waals surface area contributed by atoms with Crippen LogP contribution in [0.5, 0.6) is 5.75 Å². The van der Waals surface area contributed by atoms with E-state index in [0.29, 0.717) is 23.1 Å². The molecule has 0 aliphatic carbocycles. The third kappa shape index (κ3) is 4.67. The monoisotopic (exact) mass is 446 g/mol. The number of benzene rings is 4. The molecule has 0 heterocycles. The van der Waals surface area contributed by atoms with E-state index in [1.54, 1.807) is 42.5 Å². The van der Waals surface area contributed by atoms with Crippen LogP contribution in [0.3, 0.4) is 0 Å². The van der Waals surface area contributed by atoms with Crippen LogP contribution >= 0.6 is 0 Å². The van der Waals surface area contributed by atoms with Crippen LogP contribution in [-0.4, -0.2) is 5.97 Å². The second-order valence-corrected chi connectivity index (χ2v) is 7.73. The molecule has 4 aromatic rings. The molecule has 5 heteroatoms. The number of ether oxygens (including phenoxy) is 1. The zero-order valence-electron chi connectivity index (χ0n) is 18.2. The molecular weight excluding hydrogens is 425 g/mol. The normalized spacial score (nSPS) is 10.8. The van der Waals surface area contributed by atoms with E-state index >= 15 is 0 Å². The van der Waals surface area contributed by atoms with Gasteiger partial charge in [-0.3, -0.25) is 0 Å². The lowest BCUT2D eigenvalue weighted by molar-refractivity contribution is 0.0729. The van der Waals surface area contributed by atoms with Crippen LogP contribution in [0, 0.1) is 24.4 Å². The number of esters is 1. The standard InChI is InChI=1S/C28H21F3O2/c1-3-18-8-9-21(16-25(18)29)19-10-12-22(13-11-19)33-28(32)24-15-14-23(26(30)27(24)31)20-6-4-17(2)5-7-20/h4-16H,3H2,1-2H3. The minimum atomic E-state index is -1.26. The molecule has 2 nitrogen and oxygen atoms in total. The van der Waals surface area contributed by atoms with Gasteiger partial charge in [0.05, 0.1) is 5.56 Å². The Labute approximate surface area is 190 Å². The first-order chi connectivity index (χ1) is 15.9. The van der Waals surface area contributed by atoms with Crippen LogP contribution < -0.4 is 4.74 Å². The summed E-state index contributed by atoms with van der Waals surface area (Å²) in [5.41, 5.74) is 3.12. The molecule has 0 aliphatic rings. The molecule has 0 atom stereocenters. The zero-order chi connectivity index (χ0) is 23.5. The highest BCUT2D eigenvalue weighted by Crippen LogP contribution is 2.28. The summed E-state index contributed by atoms with van der Waals surface area (Å²) in [5.74, 6) is -3.50. The average Bonchev–Trinajstić information content (AvgIpc) is 2.82. The van der Waals surface area contributed by atoms with Gasteiger partial charge in [0.2, 0.25) is 0 Å². The second-order valence-electron chi connectivity index (χ2n) is 7.73. The number of carbonyl (C=O) groups is 1. The minimum Gasteiger partial charge on any atom is -0.423 e. The Bertz CT molecular complexity index is 1310. The minimum absolute atomic E-state index is 0.0646. The molecule has 0 spiro atoms. The van der Waals surface area contributed by atoms with Gasteiger partial charge in [-0.1, -0.05) is 67.1 Å². The highest BCUT2D eigenvalue weighted by molar-refractivity contribution is 5.92. The van der Waals surface area contributed by atoms with Gasteiger partial charge in [0.25, 0.3) is 0 Å². The van der Waals surface area contributed by atoms with E-state index in [0.717, 1.165) is 11.1 Å². The van der Waals surface area contributed by atoms with Gasteiger partial charge in [0, 0.05) is 5.56 Å². The first-order valence-corrected chi connectivity index (χ1v) is 10.5. The first kappa shape index (κ1) is 22.3. The van der Waals surface area contributed by atoms with Gasteiger partial charge in [0.15, 0.2) is 11.6 Å². The van der Waals surface area contributed by atoms with Crippen LogP contribution in [0.2, 0.25) is 0 Å². The Morgan fingerprint density at radius 2 is 1.39 bits per heavy atom. The molecule has 0 aromatic heterocycles. The Balaban J connectivity index is 1.53. The lowest BCUT2D eigenvalue weighted by Crippen LogP contribution is -2.12. The van der Waals surface area contributed by atoms with E-state index < -0.39 is 23.2 Å². The van der Waals surface area contributed by atoms with E-state index in [-0.39, 0.29) is 17.1 Å². The van der Waals surface area contributed by atoms with E-state index in [1.165, 1.54) is 30.3 Å². The number of rotatable bonds is 5. The predicted molar refractivity (Wildman–Crippen MR) is 123 cm³/mol. The Kier molecular flexibility index (Phi) is 6.31. The van der Waals surface area contributed by atoms with E-state index in [4.69, 9.17) is 4.74 Å². The van der Waals surface area contributed by atoms with Gasteiger partial charge in [-0.2, -0.15) is 0 Å². The summed E-state index contributed by atoms with van der Waals surface area (Å²) >= 11 is 0. The molecule has 0 amide bonds. The lowest BCUT2D eigenvalue weighted by Gasteiger charge is -2.10. The molecule has 0 bridgehead atoms. The van der Waals surface area contributed by atoms with Crippen molar-refractivity contribution >= 4 is 5.97 Å². The van der Waals surface area contributed by atoms with Crippen molar-refractivity contribution in [1.82, 2.24) is 0 Å². The van der Waals surface area contributed by atoms with Crippen molar-refractivity contribution in [3.05, 3.63) is 113 Å². The average molecular weight is 446 g/mol. The molecular formula is C28H21F3O2. The van der Waals surface area contributed by atoms with Crippen molar-refractivity contribution in [2.24, 2.45) is 0 Å². The number of aryl methyl sites for hydroxylation is 2. The highest BCUT2D eigenvalue weighted by Gasteiger charge is 2.21. The highest BCUT2D eigenvalue weighted by atomic mass is 19.2. The quantitative estimate of drug-likeness (QED) is 0.234. The number of carbonyl (C=O) groups excluding carboxylic acids is 1. The Hall–Kier alpha value is -3.86. The van der Waals surface area contributed by atoms with E-state index in [2.05, 4.69) is 0 Å². The predicted octanol–water partition coefficient (Wildman–Crippen LogP) is 7.53. The fourth-order valence-corrected chi connectivity index (χ4v) is 3.55. The van der Waals surface area contributed by atoms with Crippen molar-refractivity contribution in [2.75, 3.05) is 0 Å². The smallest absolute Gasteiger partial charge is 0.346 e. The van der Waals surface area contributed by atoms with Gasteiger partial charge in [0.1, 0.15) is 11.6 Å². The van der Waals surface area contributed by atoms with Crippen molar-refractivity contribution in [1.29, 1.82) is 0 Å². The number of hydrogen-bond acceptors (Lipinski definition) is 2. The van der Waals surface area contributed by atoms with Gasteiger partial charge < -0.3 is 4.74 Å². The second kappa shape index (κ2) is 9.33. The molecule has 0 unspecified atom stereocenters. The molecule has 0 aliphatic heterocycles. The zero-order valence-corrected chi connectivity index (χ0v) is 18.2. The molecule has 4 rings (SSSR count). The Morgan fingerprint density at radius 1 is 0.758 bits per heavy atom. The van der Waals surface area contributed by atoms with Gasteiger partial charge >= 0.3 is 5.97 Å². The summed E-state index contributed by atoms with van der Waals surface area (Å²) in [5, 5.41) is 0. The SMILES string of the molecule is CCc1ccc(-c2ccc(OC(=O)c3ccc(-c4ccc(C)cc4)c(F)c3F)cc2)cc1F. The van der Waals surface area contributed by atoms with E-state index in [9.17, 15) is 18.0 Å². The lowest BCUT2D eigenvalue weighted by atomic mass is 10.0. The molecule has 4 aromatic carbocycles. The largest absolute Gasteiger partial charge is 0.423 e. The van der Waals surface area contributed by atoms with Crippen molar-refractivity contribution in [3.63, 3.8) is 0 Å². The maximum atomic E-state index is 14.7. The molecule has 33 heavy (non-hydrogen) atoms. The molecule has 0 saturated heterocycles. The van der Waals surface area contributed by atoms with Crippen molar-refractivity contribution in [2.45, 2.75) is 20.3 Å². The van der Waals surface area contributed by atoms with Crippen LogP contribution in [-0.2, 0) is 6.42 Å². The van der Waals surface area contributed by atoms with Gasteiger partial charge in [-0.05, 0) is 59.9 Å². The van der Waals surface area contributed by atoms with Gasteiger partial charge in [-0.25, -0.2) is 18.0 Å². The molecule has 0 radical (unpaired) electrons. The molecule has 0 N–H and O–H groups in total. The maximum Gasteiger partial charge on any atom is 0.346 e. The van der Waals surface area contributed by atoms with Crippen molar-refractivity contribution in [3.8, 4) is 28.0 Å². The molecule has 166 valence electrons. The van der Waals surface area contributed by atoms with Crippen LogP contribution in [0.1, 0.15) is 28.4 Å². The molecule has 0 fully saturated rings.